The van der Waals surface area contributed by atoms with Crippen LogP contribution in [0.2, 0.25) is 0 Å². The molecule has 0 saturated carbocycles. The van der Waals surface area contributed by atoms with Crippen molar-refractivity contribution in [3.8, 4) is 6.07 Å². The molecular formula is C8H13N3O3. The molecule has 6 nitrogen and oxygen atoms in total. The summed E-state index contributed by atoms with van der Waals surface area (Å²) in [5.74, 6) is 0. The van der Waals surface area contributed by atoms with Crippen molar-refractivity contribution in [3.63, 3.8) is 0 Å². The minimum Gasteiger partial charge on any atom is -0.465 e. The summed E-state index contributed by atoms with van der Waals surface area (Å²) in [7, 11) is 0. The van der Waals surface area contributed by atoms with E-state index in [1.807, 2.05) is 6.07 Å². The first kappa shape index (κ1) is 12.4. The van der Waals surface area contributed by atoms with Crippen LogP contribution in [0, 0.1) is 11.3 Å². The summed E-state index contributed by atoms with van der Waals surface area (Å²) >= 11 is 0. The van der Waals surface area contributed by atoms with Gasteiger partial charge in [-0.05, 0) is 6.42 Å². The van der Waals surface area contributed by atoms with E-state index < -0.39 is 12.1 Å². The molecule has 78 valence electrons. The van der Waals surface area contributed by atoms with E-state index in [-0.39, 0.29) is 6.54 Å². The molecule has 1 amide bonds. The van der Waals surface area contributed by atoms with Crippen molar-refractivity contribution in [2.75, 3.05) is 13.1 Å². The van der Waals surface area contributed by atoms with Crippen molar-refractivity contribution < 1.29 is 14.7 Å². The second-order valence-corrected chi connectivity index (χ2v) is 2.63. The molecule has 1 atom stereocenters. The van der Waals surface area contributed by atoms with Crippen LogP contribution in [-0.4, -0.2) is 36.6 Å². The predicted molar refractivity (Wildman–Crippen MR) is 48.7 cm³/mol. The van der Waals surface area contributed by atoms with E-state index in [2.05, 4.69) is 10.6 Å². The van der Waals surface area contributed by atoms with Crippen LogP contribution in [0.15, 0.2) is 0 Å². The number of hydrogen-bond acceptors (Lipinski definition) is 4. The second-order valence-electron chi connectivity index (χ2n) is 2.63. The average Bonchev–Trinajstić information content (AvgIpc) is 2.15. The number of carbonyl (C=O) groups is 2. The second kappa shape index (κ2) is 8.01. The maximum absolute atomic E-state index is 10.5. The van der Waals surface area contributed by atoms with Gasteiger partial charge in [-0.1, -0.05) is 0 Å². The molecule has 0 radical (unpaired) electrons. The Bertz CT molecular complexity index is 224. The van der Waals surface area contributed by atoms with Gasteiger partial charge in [0.1, 0.15) is 6.29 Å². The maximum atomic E-state index is 10.5. The SMILES string of the molecule is N#CCCNC(C=O)CCNC(=O)O. The molecule has 0 saturated heterocycles. The van der Waals surface area contributed by atoms with Gasteiger partial charge in [0.05, 0.1) is 12.1 Å². The fourth-order valence-electron chi connectivity index (χ4n) is 0.866. The Balaban J connectivity index is 3.53. The molecule has 0 fully saturated rings. The normalized spacial score (nSPS) is 11.4. The summed E-state index contributed by atoms with van der Waals surface area (Å²) in [6.07, 6.45) is 0.324. The Morgan fingerprint density at radius 1 is 1.57 bits per heavy atom. The number of nitrogens with one attached hydrogen (secondary N) is 2. The van der Waals surface area contributed by atoms with Crippen molar-refractivity contribution >= 4 is 12.4 Å². The van der Waals surface area contributed by atoms with E-state index in [1.165, 1.54) is 0 Å². The largest absolute Gasteiger partial charge is 0.465 e. The molecule has 0 aromatic heterocycles. The lowest BCUT2D eigenvalue weighted by Crippen LogP contribution is -2.35. The monoisotopic (exact) mass is 199 g/mol. The number of amides is 1. The third-order valence-electron chi connectivity index (χ3n) is 1.54. The van der Waals surface area contributed by atoms with Crippen LogP contribution < -0.4 is 10.6 Å². The summed E-state index contributed by atoms with van der Waals surface area (Å²) in [6.45, 7) is 0.658. The van der Waals surface area contributed by atoms with Crippen LogP contribution in [0.5, 0.6) is 0 Å². The summed E-state index contributed by atoms with van der Waals surface area (Å²) in [4.78, 5) is 20.5. The zero-order valence-corrected chi connectivity index (χ0v) is 7.69. The molecule has 6 heteroatoms. The van der Waals surface area contributed by atoms with Crippen molar-refractivity contribution in [3.05, 3.63) is 0 Å². The van der Waals surface area contributed by atoms with Gasteiger partial charge in [-0.3, -0.25) is 0 Å². The van der Waals surface area contributed by atoms with Crippen molar-refractivity contribution in [2.24, 2.45) is 0 Å². The summed E-state index contributed by atoms with van der Waals surface area (Å²) in [6, 6.07) is 1.54. The fraction of sp³-hybridized carbons (Fsp3) is 0.625. The van der Waals surface area contributed by atoms with Gasteiger partial charge in [0.2, 0.25) is 0 Å². The number of hydrogen-bond donors (Lipinski definition) is 3. The molecule has 0 aliphatic heterocycles. The van der Waals surface area contributed by atoms with Gasteiger partial charge in [-0.25, -0.2) is 4.79 Å². The lowest BCUT2D eigenvalue weighted by atomic mass is 10.2. The summed E-state index contributed by atoms with van der Waals surface area (Å²) < 4.78 is 0. The lowest BCUT2D eigenvalue weighted by Gasteiger charge is -2.10. The first-order chi connectivity index (χ1) is 6.70. The summed E-state index contributed by atoms with van der Waals surface area (Å²) in [5.41, 5.74) is 0. The Labute approximate surface area is 81.9 Å². The molecule has 0 rings (SSSR count). The zero-order chi connectivity index (χ0) is 10.8. The summed E-state index contributed by atoms with van der Waals surface area (Å²) in [5, 5.41) is 21.5. The van der Waals surface area contributed by atoms with Gasteiger partial charge < -0.3 is 20.5 Å². The van der Waals surface area contributed by atoms with E-state index in [4.69, 9.17) is 10.4 Å². The van der Waals surface area contributed by atoms with Crippen molar-refractivity contribution in [1.82, 2.24) is 10.6 Å². The molecule has 0 aliphatic rings. The first-order valence-corrected chi connectivity index (χ1v) is 4.23. The molecule has 3 N–H and O–H groups in total. The maximum Gasteiger partial charge on any atom is 0.404 e. The molecule has 0 spiro atoms. The lowest BCUT2D eigenvalue weighted by molar-refractivity contribution is -0.109. The minimum absolute atomic E-state index is 0.221. The first-order valence-electron chi connectivity index (χ1n) is 4.23. The van der Waals surface area contributed by atoms with Gasteiger partial charge in [0.25, 0.3) is 0 Å². The molecule has 14 heavy (non-hydrogen) atoms. The molecule has 0 bridgehead atoms. The molecule has 1 unspecified atom stereocenters. The Kier molecular flexibility index (Phi) is 7.09. The van der Waals surface area contributed by atoms with Gasteiger partial charge >= 0.3 is 6.09 Å². The minimum atomic E-state index is -1.10. The Hall–Kier alpha value is -1.61. The van der Waals surface area contributed by atoms with E-state index >= 15 is 0 Å². The van der Waals surface area contributed by atoms with Crippen LogP contribution in [-0.2, 0) is 4.79 Å². The molecule has 0 aliphatic carbocycles. The number of nitriles is 1. The molecule has 0 aromatic carbocycles. The van der Waals surface area contributed by atoms with Crippen LogP contribution in [0.1, 0.15) is 12.8 Å². The highest BCUT2D eigenvalue weighted by Gasteiger charge is 2.05. The third-order valence-corrected chi connectivity index (χ3v) is 1.54. The Morgan fingerprint density at radius 2 is 2.29 bits per heavy atom. The molecule has 0 aromatic rings. The average molecular weight is 199 g/mol. The highest BCUT2D eigenvalue weighted by atomic mass is 16.4. The van der Waals surface area contributed by atoms with Crippen molar-refractivity contribution in [1.29, 1.82) is 5.26 Å². The van der Waals surface area contributed by atoms with Crippen LogP contribution in [0.25, 0.3) is 0 Å². The number of aldehydes is 1. The fourth-order valence-corrected chi connectivity index (χ4v) is 0.866. The number of rotatable bonds is 7. The number of nitrogens with zero attached hydrogens (tertiary/aromatic N) is 1. The van der Waals surface area contributed by atoms with Crippen LogP contribution in [0.3, 0.4) is 0 Å². The smallest absolute Gasteiger partial charge is 0.404 e. The topological polar surface area (TPSA) is 102 Å². The van der Waals surface area contributed by atoms with Crippen LogP contribution in [0.4, 0.5) is 4.79 Å². The van der Waals surface area contributed by atoms with Crippen LogP contribution >= 0.6 is 0 Å². The highest BCUT2D eigenvalue weighted by molar-refractivity contribution is 5.64. The molecular weight excluding hydrogens is 186 g/mol. The third kappa shape index (κ3) is 7.06. The number of carboxylic acid groups (broad SMARTS) is 1. The van der Waals surface area contributed by atoms with E-state index in [9.17, 15) is 9.59 Å². The van der Waals surface area contributed by atoms with Gasteiger partial charge in [-0.15, -0.1) is 0 Å². The van der Waals surface area contributed by atoms with Gasteiger partial charge in [0.15, 0.2) is 0 Å². The number of carbonyl (C=O) groups excluding carboxylic acids is 1. The van der Waals surface area contributed by atoms with E-state index in [0.29, 0.717) is 25.7 Å². The Morgan fingerprint density at radius 3 is 2.79 bits per heavy atom. The molecule has 0 heterocycles. The standard InChI is InChI=1S/C8H13N3O3/c9-3-1-4-10-7(6-12)2-5-11-8(13)14/h6-7,10-11H,1-2,4-5H2,(H,13,14). The van der Waals surface area contributed by atoms with Crippen molar-refractivity contribution in [2.45, 2.75) is 18.9 Å². The van der Waals surface area contributed by atoms with Gasteiger partial charge in [-0.2, -0.15) is 5.26 Å². The highest BCUT2D eigenvalue weighted by Crippen LogP contribution is 1.87. The quantitative estimate of drug-likeness (QED) is 0.386. The predicted octanol–water partition coefficient (Wildman–Crippen LogP) is -0.285. The zero-order valence-electron chi connectivity index (χ0n) is 7.69. The van der Waals surface area contributed by atoms with Gasteiger partial charge in [0, 0.05) is 19.5 Å². The van der Waals surface area contributed by atoms with E-state index in [0.717, 1.165) is 0 Å². The van der Waals surface area contributed by atoms with E-state index in [1.54, 1.807) is 0 Å².